The molecule has 0 aliphatic rings. The van der Waals surface area contributed by atoms with Crippen LogP contribution < -0.4 is 5.32 Å². The first-order valence-corrected chi connectivity index (χ1v) is 4.29. The summed E-state index contributed by atoms with van der Waals surface area (Å²) in [6.45, 7) is 1.79. The van der Waals surface area contributed by atoms with Crippen LogP contribution >= 0.6 is 0 Å². The molecule has 0 saturated heterocycles. The van der Waals surface area contributed by atoms with Crippen LogP contribution in [0.1, 0.15) is 23.8 Å². The van der Waals surface area contributed by atoms with E-state index in [9.17, 15) is 4.79 Å². The van der Waals surface area contributed by atoms with E-state index in [2.05, 4.69) is 10.3 Å². The largest absolute Gasteiger partial charge is 0.347 e. The predicted molar refractivity (Wildman–Crippen MR) is 50.4 cm³/mol. The topological polar surface area (TPSA) is 70.7 Å². The summed E-state index contributed by atoms with van der Waals surface area (Å²) in [5.74, 6) is -0.201. The Morgan fingerprint density at radius 1 is 1.86 bits per heavy atom. The molecular weight excluding hydrogens is 180 g/mol. The van der Waals surface area contributed by atoms with Crippen LogP contribution in [0.3, 0.4) is 0 Å². The van der Waals surface area contributed by atoms with Gasteiger partial charge in [-0.15, -0.1) is 0 Å². The van der Waals surface area contributed by atoms with Crippen molar-refractivity contribution in [3.63, 3.8) is 0 Å². The standard InChI is InChI=1S/C9H12N4O/c1-7(3-4-10)12-9(14)8-5-11-6-13(8)2/h5-7H,3H2,1-2H3,(H,12,14). The van der Waals surface area contributed by atoms with Crippen molar-refractivity contribution in [2.75, 3.05) is 0 Å². The van der Waals surface area contributed by atoms with E-state index in [0.29, 0.717) is 12.1 Å². The second-order valence-corrected chi connectivity index (χ2v) is 3.13. The molecule has 0 bridgehead atoms. The normalized spacial score (nSPS) is 11.8. The average Bonchev–Trinajstić information content (AvgIpc) is 2.51. The Bertz CT molecular complexity index is 363. The number of nitriles is 1. The van der Waals surface area contributed by atoms with Crippen LogP contribution in [0.15, 0.2) is 12.5 Å². The molecule has 0 aromatic carbocycles. The molecule has 1 amide bonds. The third-order valence-electron chi connectivity index (χ3n) is 1.82. The van der Waals surface area contributed by atoms with Gasteiger partial charge in [0.1, 0.15) is 5.69 Å². The molecule has 1 aromatic rings. The molecule has 5 heteroatoms. The van der Waals surface area contributed by atoms with Crippen molar-refractivity contribution < 1.29 is 4.79 Å². The predicted octanol–water partition coefficient (Wildman–Crippen LogP) is 0.452. The van der Waals surface area contributed by atoms with Crippen molar-refractivity contribution in [3.05, 3.63) is 18.2 Å². The molecule has 1 aromatic heterocycles. The minimum atomic E-state index is -0.201. The minimum Gasteiger partial charge on any atom is -0.347 e. The van der Waals surface area contributed by atoms with E-state index in [1.807, 2.05) is 6.07 Å². The van der Waals surface area contributed by atoms with E-state index < -0.39 is 0 Å². The Hall–Kier alpha value is -1.83. The summed E-state index contributed by atoms with van der Waals surface area (Å²) in [4.78, 5) is 15.4. The lowest BCUT2D eigenvalue weighted by Crippen LogP contribution is -2.33. The van der Waals surface area contributed by atoms with Crippen LogP contribution in [-0.2, 0) is 7.05 Å². The number of nitrogens with zero attached hydrogens (tertiary/aromatic N) is 3. The van der Waals surface area contributed by atoms with Crippen molar-refractivity contribution >= 4 is 5.91 Å². The van der Waals surface area contributed by atoms with Gasteiger partial charge in [-0.3, -0.25) is 4.79 Å². The molecule has 0 radical (unpaired) electrons. The fraction of sp³-hybridized carbons (Fsp3) is 0.444. The molecular formula is C9H12N4O. The van der Waals surface area contributed by atoms with Gasteiger partial charge in [0.05, 0.1) is 25.0 Å². The third-order valence-corrected chi connectivity index (χ3v) is 1.82. The molecule has 0 spiro atoms. The summed E-state index contributed by atoms with van der Waals surface area (Å²) in [5.41, 5.74) is 0.495. The molecule has 1 N–H and O–H groups in total. The summed E-state index contributed by atoms with van der Waals surface area (Å²) in [6, 6.07) is 1.86. The van der Waals surface area contributed by atoms with Crippen molar-refractivity contribution in [2.24, 2.45) is 7.05 Å². The van der Waals surface area contributed by atoms with Crippen LogP contribution in [0.5, 0.6) is 0 Å². The third kappa shape index (κ3) is 2.33. The summed E-state index contributed by atoms with van der Waals surface area (Å²) in [7, 11) is 1.75. The number of aryl methyl sites for hydroxylation is 1. The first kappa shape index (κ1) is 10.3. The fourth-order valence-corrected chi connectivity index (χ4v) is 1.06. The Kier molecular flexibility index (Phi) is 3.24. The smallest absolute Gasteiger partial charge is 0.269 e. The number of nitrogens with one attached hydrogen (secondary N) is 1. The monoisotopic (exact) mass is 192 g/mol. The first-order valence-electron chi connectivity index (χ1n) is 4.29. The zero-order valence-corrected chi connectivity index (χ0v) is 8.19. The van der Waals surface area contributed by atoms with E-state index in [1.54, 1.807) is 24.9 Å². The quantitative estimate of drug-likeness (QED) is 0.755. The van der Waals surface area contributed by atoms with E-state index >= 15 is 0 Å². The maximum Gasteiger partial charge on any atom is 0.269 e. The van der Waals surface area contributed by atoms with Crippen molar-refractivity contribution in [3.8, 4) is 6.07 Å². The molecule has 0 aliphatic heterocycles. The number of carbonyl (C=O) groups excluding carboxylic acids is 1. The molecule has 1 heterocycles. The highest BCUT2D eigenvalue weighted by Crippen LogP contribution is 1.97. The number of carbonyl (C=O) groups is 1. The van der Waals surface area contributed by atoms with Crippen LogP contribution in [0.25, 0.3) is 0 Å². The Morgan fingerprint density at radius 2 is 2.57 bits per heavy atom. The Labute approximate surface area is 82.4 Å². The first-order chi connectivity index (χ1) is 6.65. The zero-order valence-electron chi connectivity index (χ0n) is 8.19. The number of imidazole rings is 1. The van der Waals surface area contributed by atoms with Gasteiger partial charge in [-0.1, -0.05) is 0 Å². The molecule has 1 rings (SSSR count). The second kappa shape index (κ2) is 4.42. The summed E-state index contributed by atoms with van der Waals surface area (Å²) in [6.07, 6.45) is 3.36. The molecule has 1 atom stereocenters. The van der Waals surface area contributed by atoms with Crippen LogP contribution in [0, 0.1) is 11.3 Å². The van der Waals surface area contributed by atoms with Gasteiger partial charge < -0.3 is 9.88 Å². The summed E-state index contributed by atoms with van der Waals surface area (Å²) in [5, 5.41) is 11.1. The van der Waals surface area contributed by atoms with Gasteiger partial charge in [0.15, 0.2) is 0 Å². The molecule has 0 fully saturated rings. The van der Waals surface area contributed by atoms with Crippen LogP contribution in [-0.4, -0.2) is 21.5 Å². The number of hydrogen-bond donors (Lipinski definition) is 1. The highest BCUT2D eigenvalue weighted by molar-refractivity contribution is 5.92. The molecule has 5 nitrogen and oxygen atoms in total. The summed E-state index contributed by atoms with van der Waals surface area (Å²) < 4.78 is 1.63. The van der Waals surface area contributed by atoms with Gasteiger partial charge in [-0.25, -0.2) is 4.98 Å². The minimum absolute atomic E-state index is 0.137. The lowest BCUT2D eigenvalue weighted by molar-refractivity contribution is 0.0932. The van der Waals surface area contributed by atoms with Crippen molar-refractivity contribution in [1.29, 1.82) is 5.26 Å². The van der Waals surface area contributed by atoms with Crippen LogP contribution in [0.2, 0.25) is 0 Å². The number of hydrogen-bond acceptors (Lipinski definition) is 3. The Morgan fingerprint density at radius 3 is 3.07 bits per heavy atom. The van der Waals surface area contributed by atoms with Gasteiger partial charge in [0.2, 0.25) is 0 Å². The average molecular weight is 192 g/mol. The van der Waals surface area contributed by atoms with E-state index in [-0.39, 0.29) is 11.9 Å². The summed E-state index contributed by atoms with van der Waals surface area (Å²) >= 11 is 0. The van der Waals surface area contributed by atoms with Crippen LogP contribution in [0.4, 0.5) is 0 Å². The van der Waals surface area contributed by atoms with Gasteiger partial charge >= 0.3 is 0 Å². The molecule has 1 unspecified atom stereocenters. The van der Waals surface area contributed by atoms with Gasteiger partial charge in [0.25, 0.3) is 5.91 Å². The van der Waals surface area contributed by atoms with Gasteiger partial charge in [0, 0.05) is 13.1 Å². The van der Waals surface area contributed by atoms with E-state index in [1.165, 1.54) is 6.20 Å². The SMILES string of the molecule is CC(CC#N)NC(=O)c1cncn1C. The number of amides is 1. The molecule has 14 heavy (non-hydrogen) atoms. The molecule has 74 valence electrons. The molecule has 0 saturated carbocycles. The Balaban J connectivity index is 2.60. The fourth-order valence-electron chi connectivity index (χ4n) is 1.06. The maximum absolute atomic E-state index is 11.5. The highest BCUT2D eigenvalue weighted by atomic mass is 16.2. The lowest BCUT2D eigenvalue weighted by Gasteiger charge is -2.09. The maximum atomic E-state index is 11.5. The van der Waals surface area contributed by atoms with Gasteiger partial charge in [-0.05, 0) is 6.92 Å². The molecule has 0 aliphatic carbocycles. The lowest BCUT2D eigenvalue weighted by atomic mass is 10.2. The van der Waals surface area contributed by atoms with Crippen molar-refractivity contribution in [1.82, 2.24) is 14.9 Å². The van der Waals surface area contributed by atoms with E-state index in [0.717, 1.165) is 0 Å². The highest BCUT2D eigenvalue weighted by Gasteiger charge is 2.11. The zero-order chi connectivity index (χ0) is 10.6. The number of rotatable bonds is 3. The van der Waals surface area contributed by atoms with E-state index in [4.69, 9.17) is 5.26 Å². The van der Waals surface area contributed by atoms with Crippen molar-refractivity contribution in [2.45, 2.75) is 19.4 Å². The number of aromatic nitrogens is 2. The van der Waals surface area contributed by atoms with Gasteiger partial charge in [-0.2, -0.15) is 5.26 Å². The second-order valence-electron chi connectivity index (χ2n) is 3.13.